The molecule has 2 aromatic heterocycles. The number of anilines is 2. The second-order valence-corrected chi connectivity index (χ2v) is 15.3. The average Bonchev–Trinajstić information content (AvgIpc) is 3.79. The Bertz CT molecular complexity index is 1210. The minimum absolute atomic E-state index is 0.0567. The van der Waals surface area contributed by atoms with Crippen molar-refractivity contribution in [2.75, 3.05) is 63.2 Å². The van der Waals surface area contributed by atoms with E-state index in [0.29, 0.717) is 31.0 Å². The minimum atomic E-state index is -0.784. The predicted molar refractivity (Wildman–Crippen MR) is 179 cm³/mol. The highest BCUT2D eigenvalue weighted by Crippen LogP contribution is 2.35. The van der Waals surface area contributed by atoms with Gasteiger partial charge in [-0.15, -0.1) is 0 Å². The molecular weight excluding hydrogens is 556 g/mol. The lowest BCUT2D eigenvalue weighted by Gasteiger charge is -2.46. The molecule has 5 rings (SSSR count). The molecule has 0 amide bonds. The van der Waals surface area contributed by atoms with Gasteiger partial charge in [-0.25, -0.2) is 0 Å². The number of aromatic nitrogens is 2. The van der Waals surface area contributed by atoms with Crippen molar-refractivity contribution in [3.8, 4) is 0 Å². The number of rotatable bonds is 11. The first kappa shape index (κ1) is 32.5. The van der Waals surface area contributed by atoms with Crippen LogP contribution < -0.4 is 9.80 Å². The standard InChI is InChI=1S/C34H54N6O2S/c1-24(2)29-10-9-28(18-35-29)40-20-26(17-34(42,23-40)22-38(6)27-7-8-27)19-37(5)21-31-32(12-11-30(36-31)25(3)43)39-15-13-33(4,41)14-16-39/h9-12,18,24-27,41-43H,7-8,13-17,19-23H2,1-6H3/t25?,26?,34-/m1/s1. The topological polar surface area (TPSA) is 79.2 Å². The van der Waals surface area contributed by atoms with Gasteiger partial charge in [0.2, 0.25) is 0 Å². The third-order valence-electron chi connectivity index (χ3n) is 9.64. The molecule has 0 aromatic carbocycles. The Balaban J connectivity index is 1.33. The predicted octanol–water partition coefficient (Wildman–Crippen LogP) is 4.73. The van der Waals surface area contributed by atoms with Crippen molar-refractivity contribution < 1.29 is 10.2 Å². The van der Waals surface area contributed by atoms with E-state index in [1.54, 1.807) is 0 Å². The fourth-order valence-electron chi connectivity index (χ4n) is 7.00. The van der Waals surface area contributed by atoms with Gasteiger partial charge in [0.25, 0.3) is 0 Å². The zero-order valence-electron chi connectivity index (χ0n) is 27.2. The second-order valence-electron chi connectivity index (χ2n) is 14.5. The summed E-state index contributed by atoms with van der Waals surface area (Å²) in [7, 11) is 4.34. The zero-order chi connectivity index (χ0) is 30.9. The molecule has 2 N–H and O–H groups in total. The molecule has 2 unspecified atom stereocenters. The number of nitrogens with zero attached hydrogens (tertiary/aromatic N) is 6. The van der Waals surface area contributed by atoms with Crippen LogP contribution in [-0.4, -0.2) is 101 Å². The van der Waals surface area contributed by atoms with Crippen molar-refractivity contribution in [3.63, 3.8) is 0 Å². The van der Waals surface area contributed by atoms with Crippen LogP contribution in [0.5, 0.6) is 0 Å². The minimum Gasteiger partial charge on any atom is -0.390 e. The molecule has 9 heteroatoms. The second kappa shape index (κ2) is 13.2. The van der Waals surface area contributed by atoms with Gasteiger partial charge < -0.3 is 29.8 Å². The number of hydrogen-bond donors (Lipinski definition) is 3. The highest BCUT2D eigenvalue weighted by atomic mass is 32.1. The van der Waals surface area contributed by atoms with E-state index in [1.165, 1.54) is 12.8 Å². The Hall–Kier alpha value is -1.91. The van der Waals surface area contributed by atoms with Crippen molar-refractivity contribution in [1.29, 1.82) is 0 Å². The number of hydrogen-bond acceptors (Lipinski definition) is 9. The SMILES string of the molecule is CC(C)c1ccc(N2CC(CN(C)Cc3nc(C(C)S)ccc3N3CCC(C)(O)CC3)C[C@@](O)(CN(C)C3CC3)C2)cn1. The first-order valence-corrected chi connectivity index (χ1v) is 16.8. The summed E-state index contributed by atoms with van der Waals surface area (Å²) in [6.07, 6.45) is 6.74. The van der Waals surface area contributed by atoms with Gasteiger partial charge in [0.1, 0.15) is 0 Å². The molecular formula is C34H54N6O2S. The fraction of sp³-hybridized carbons (Fsp3) is 0.706. The van der Waals surface area contributed by atoms with Crippen LogP contribution in [-0.2, 0) is 6.54 Å². The average molecular weight is 611 g/mol. The van der Waals surface area contributed by atoms with Crippen LogP contribution in [0.15, 0.2) is 30.5 Å². The lowest BCUT2D eigenvalue weighted by Crippen LogP contribution is -2.58. The van der Waals surface area contributed by atoms with Crippen molar-refractivity contribution >= 4 is 24.0 Å². The third kappa shape index (κ3) is 8.42. The molecule has 8 nitrogen and oxygen atoms in total. The van der Waals surface area contributed by atoms with E-state index < -0.39 is 11.2 Å². The number of likely N-dealkylation sites (N-methyl/N-ethyl adjacent to an activating group) is 1. The van der Waals surface area contributed by atoms with Crippen molar-refractivity contribution in [2.45, 2.75) is 94.8 Å². The van der Waals surface area contributed by atoms with E-state index in [1.807, 2.05) is 13.1 Å². The first-order chi connectivity index (χ1) is 20.3. The summed E-state index contributed by atoms with van der Waals surface area (Å²) in [5.74, 6) is 0.684. The quantitative estimate of drug-likeness (QED) is 0.316. The highest BCUT2D eigenvalue weighted by molar-refractivity contribution is 7.80. The zero-order valence-corrected chi connectivity index (χ0v) is 28.1. The number of thiol groups is 1. The summed E-state index contributed by atoms with van der Waals surface area (Å²) >= 11 is 4.68. The number of pyridine rings is 2. The molecule has 4 heterocycles. The van der Waals surface area contributed by atoms with Gasteiger partial charge in [-0.2, -0.15) is 12.6 Å². The Morgan fingerprint density at radius 3 is 2.33 bits per heavy atom. The molecule has 2 saturated heterocycles. The molecule has 238 valence electrons. The van der Waals surface area contributed by atoms with Crippen LogP contribution in [0.25, 0.3) is 0 Å². The van der Waals surface area contributed by atoms with E-state index in [0.717, 1.165) is 80.4 Å². The number of β-amino-alcohol motifs (C(OH)–C–C–N with tert-alkyl or cyclic N) is 1. The van der Waals surface area contributed by atoms with Crippen LogP contribution in [0.3, 0.4) is 0 Å². The Morgan fingerprint density at radius 2 is 1.72 bits per heavy atom. The van der Waals surface area contributed by atoms with Crippen molar-refractivity contribution in [1.82, 2.24) is 19.8 Å². The van der Waals surface area contributed by atoms with E-state index in [2.05, 4.69) is 91.4 Å². The maximum atomic E-state index is 12.0. The smallest absolute Gasteiger partial charge is 0.0951 e. The maximum absolute atomic E-state index is 12.0. The van der Waals surface area contributed by atoms with Crippen LogP contribution in [0.1, 0.15) is 88.0 Å². The summed E-state index contributed by atoms with van der Waals surface area (Å²) in [5, 5.41) is 22.6. The van der Waals surface area contributed by atoms with E-state index in [4.69, 9.17) is 9.97 Å². The Labute approximate surface area is 264 Å². The largest absolute Gasteiger partial charge is 0.390 e. The molecule has 2 aliphatic heterocycles. The lowest BCUT2D eigenvalue weighted by atomic mass is 9.84. The molecule has 2 aromatic rings. The fourth-order valence-corrected chi connectivity index (χ4v) is 7.15. The summed E-state index contributed by atoms with van der Waals surface area (Å²) in [5.41, 5.74) is 4.01. The molecule has 0 radical (unpaired) electrons. The van der Waals surface area contributed by atoms with Crippen LogP contribution >= 0.6 is 12.6 Å². The highest BCUT2D eigenvalue weighted by Gasteiger charge is 2.42. The van der Waals surface area contributed by atoms with Gasteiger partial charge in [-0.05, 0) is 96.1 Å². The van der Waals surface area contributed by atoms with E-state index in [-0.39, 0.29) is 5.25 Å². The van der Waals surface area contributed by atoms with Gasteiger partial charge in [0.05, 0.1) is 40.2 Å². The molecule has 1 aliphatic carbocycles. The van der Waals surface area contributed by atoms with Crippen molar-refractivity contribution in [3.05, 3.63) is 47.5 Å². The lowest BCUT2D eigenvalue weighted by molar-refractivity contribution is -0.0227. The third-order valence-corrected chi connectivity index (χ3v) is 9.91. The molecule has 1 saturated carbocycles. The number of aliphatic hydroxyl groups is 2. The molecule has 0 spiro atoms. The summed E-state index contributed by atoms with van der Waals surface area (Å²) < 4.78 is 0. The Kier molecular flexibility index (Phi) is 9.98. The van der Waals surface area contributed by atoms with E-state index >= 15 is 0 Å². The summed E-state index contributed by atoms with van der Waals surface area (Å²) in [4.78, 5) is 19.3. The molecule has 43 heavy (non-hydrogen) atoms. The number of piperidine rings is 2. The van der Waals surface area contributed by atoms with Gasteiger partial charge in [-0.1, -0.05) is 13.8 Å². The first-order valence-electron chi connectivity index (χ1n) is 16.3. The molecule has 3 aliphatic rings. The van der Waals surface area contributed by atoms with Gasteiger partial charge >= 0.3 is 0 Å². The van der Waals surface area contributed by atoms with Crippen LogP contribution in [0, 0.1) is 5.92 Å². The van der Waals surface area contributed by atoms with Gasteiger partial charge in [0, 0.05) is 62.8 Å². The monoisotopic (exact) mass is 610 g/mol. The molecule has 0 bridgehead atoms. The normalized spacial score (nSPS) is 25.2. The summed E-state index contributed by atoms with van der Waals surface area (Å²) in [6, 6.07) is 9.21. The van der Waals surface area contributed by atoms with Gasteiger partial charge in [-0.3, -0.25) is 9.97 Å². The maximum Gasteiger partial charge on any atom is 0.0951 e. The molecule has 3 atom stereocenters. The summed E-state index contributed by atoms with van der Waals surface area (Å²) in [6.45, 7) is 13.8. The van der Waals surface area contributed by atoms with Crippen molar-refractivity contribution in [2.24, 2.45) is 5.92 Å². The van der Waals surface area contributed by atoms with E-state index in [9.17, 15) is 10.2 Å². The van der Waals surface area contributed by atoms with Gasteiger partial charge in [0.15, 0.2) is 0 Å². The van der Waals surface area contributed by atoms with Crippen LogP contribution in [0.2, 0.25) is 0 Å². The molecule has 3 fully saturated rings. The Morgan fingerprint density at radius 1 is 1.02 bits per heavy atom. The van der Waals surface area contributed by atoms with Crippen LogP contribution in [0.4, 0.5) is 11.4 Å².